The predicted octanol–water partition coefficient (Wildman–Crippen LogP) is 3.81. The van der Waals surface area contributed by atoms with Crippen molar-refractivity contribution in [2.75, 3.05) is 0 Å². The summed E-state index contributed by atoms with van der Waals surface area (Å²) < 4.78 is 11.4. The first-order valence-corrected chi connectivity index (χ1v) is 9.00. The summed E-state index contributed by atoms with van der Waals surface area (Å²) in [7, 11) is 0. The molecule has 0 aromatic rings. The number of allylic oxidation sites excluding steroid dienone is 1. The lowest BCUT2D eigenvalue weighted by molar-refractivity contribution is -0.148. The van der Waals surface area contributed by atoms with Crippen molar-refractivity contribution in [1.29, 1.82) is 0 Å². The van der Waals surface area contributed by atoms with E-state index in [1.54, 1.807) is 13.0 Å². The van der Waals surface area contributed by atoms with Crippen molar-refractivity contribution < 1.29 is 19.1 Å². The molecule has 0 aromatic carbocycles. The van der Waals surface area contributed by atoms with Crippen molar-refractivity contribution in [3.05, 3.63) is 23.8 Å². The molecule has 1 heterocycles. The van der Waals surface area contributed by atoms with Gasteiger partial charge in [0.2, 0.25) is 0 Å². The molecule has 0 unspecified atom stereocenters. The van der Waals surface area contributed by atoms with E-state index < -0.39 is 0 Å². The second-order valence-electron chi connectivity index (χ2n) is 8.13. The maximum atomic E-state index is 12.2. The van der Waals surface area contributed by atoms with Crippen LogP contribution in [0, 0.1) is 23.2 Å². The van der Waals surface area contributed by atoms with Crippen LogP contribution < -0.4 is 0 Å². The lowest BCUT2D eigenvalue weighted by atomic mass is 9.70. The number of rotatable bonds is 2. The molecule has 0 aromatic heterocycles. The third-order valence-electron chi connectivity index (χ3n) is 6.54. The minimum atomic E-state index is -0.232. The van der Waals surface area contributed by atoms with Gasteiger partial charge in [0, 0.05) is 23.0 Å². The molecule has 3 rings (SSSR count). The average molecular weight is 332 g/mol. The molecule has 4 nitrogen and oxygen atoms in total. The SMILES string of the molecule is C=C1C(=O)O[C@H]2C[C@@H](C)[C@@H]3[C@@H](OC(=O)/C(C)=C\C)CC[C@@]3(C)C[C@H]12. The third-order valence-corrected chi connectivity index (χ3v) is 6.54. The van der Waals surface area contributed by atoms with Crippen molar-refractivity contribution in [2.24, 2.45) is 23.2 Å². The first kappa shape index (κ1) is 17.2. The lowest BCUT2D eigenvalue weighted by Crippen LogP contribution is -2.35. The van der Waals surface area contributed by atoms with Gasteiger partial charge in [0.1, 0.15) is 12.2 Å². The van der Waals surface area contributed by atoms with E-state index in [1.165, 1.54) is 0 Å². The van der Waals surface area contributed by atoms with Gasteiger partial charge in [-0.3, -0.25) is 0 Å². The van der Waals surface area contributed by atoms with Gasteiger partial charge < -0.3 is 9.47 Å². The van der Waals surface area contributed by atoms with Gasteiger partial charge in [-0.2, -0.15) is 0 Å². The van der Waals surface area contributed by atoms with Crippen LogP contribution in [0.3, 0.4) is 0 Å². The molecule has 2 saturated carbocycles. The monoisotopic (exact) mass is 332 g/mol. The highest BCUT2D eigenvalue weighted by molar-refractivity contribution is 5.90. The Labute approximate surface area is 144 Å². The molecule has 0 amide bonds. The number of carbonyl (C=O) groups is 2. The van der Waals surface area contributed by atoms with Gasteiger partial charge >= 0.3 is 11.9 Å². The zero-order valence-electron chi connectivity index (χ0n) is 15.1. The summed E-state index contributed by atoms with van der Waals surface area (Å²) in [5, 5.41) is 0. The molecule has 132 valence electrons. The van der Waals surface area contributed by atoms with Gasteiger partial charge in [-0.1, -0.05) is 26.5 Å². The highest BCUT2D eigenvalue weighted by atomic mass is 16.6. The van der Waals surface area contributed by atoms with Crippen molar-refractivity contribution in [1.82, 2.24) is 0 Å². The van der Waals surface area contributed by atoms with E-state index in [0.29, 0.717) is 23.0 Å². The van der Waals surface area contributed by atoms with E-state index in [4.69, 9.17) is 9.47 Å². The number of fused-ring (bicyclic) bond motifs is 2. The molecule has 4 heteroatoms. The number of carbonyl (C=O) groups excluding carboxylic acids is 2. The number of esters is 2. The van der Waals surface area contributed by atoms with Crippen molar-refractivity contribution >= 4 is 11.9 Å². The molecule has 24 heavy (non-hydrogen) atoms. The van der Waals surface area contributed by atoms with E-state index in [2.05, 4.69) is 20.4 Å². The molecule has 0 N–H and O–H groups in total. The Hall–Kier alpha value is -1.58. The maximum absolute atomic E-state index is 12.2. The van der Waals surface area contributed by atoms with E-state index >= 15 is 0 Å². The average Bonchev–Trinajstić information content (AvgIpc) is 2.94. The summed E-state index contributed by atoms with van der Waals surface area (Å²) in [4.78, 5) is 24.1. The van der Waals surface area contributed by atoms with Crippen molar-refractivity contribution in [2.45, 2.75) is 65.6 Å². The second kappa shape index (κ2) is 6.05. The molecule has 3 fully saturated rings. The van der Waals surface area contributed by atoms with Crippen LogP contribution in [0.2, 0.25) is 0 Å². The zero-order valence-corrected chi connectivity index (χ0v) is 15.1. The van der Waals surface area contributed by atoms with E-state index in [-0.39, 0.29) is 35.5 Å². The highest BCUT2D eigenvalue weighted by Crippen LogP contribution is 2.57. The Morgan fingerprint density at radius 2 is 2.17 bits per heavy atom. The smallest absolute Gasteiger partial charge is 0.334 e. The molecule has 1 aliphatic heterocycles. The zero-order chi connectivity index (χ0) is 17.6. The fourth-order valence-electron chi connectivity index (χ4n) is 5.19. The second-order valence-corrected chi connectivity index (χ2v) is 8.13. The molecule has 0 radical (unpaired) electrons. The Morgan fingerprint density at radius 1 is 1.46 bits per heavy atom. The Balaban J connectivity index is 1.83. The van der Waals surface area contributed by atoms with E-state index in [1.807, 2.05) is 6.92 Å². The molecule has 3 aliphatic rings. The van der Waals surface area contributed by atoms with Crippen LogP contribution in [0.4, 0.5) is 0 Å². The van der Waals surface area contributed by atoms with Gasteiger partial charge in [-0.15, -0.1) is 0 Å². The fourth-order valence-corrected chi connectivity index (χ4v) is 5.19. The summed E-state index contributed by atoms with van der Waals surface area (Å²) in [6.45, 7) is 12.1. The summed E-state index contributed by atoms with van der Waals surface area (Å²) in [5.41, 5.74) is 1.34. The molecule has 6 atom stereocenters. The van der Waals surface area contributed by atoms with Crippen molar-refractivity contribution in [3.63, 3.8) is 0 Å². The summed E-state index contributed by atoms with van der Waals surface area (Å²) in [6.07, 6.45) is 5.32. The third kappa shape index (κ3) is 2.70. The number of hydrogen-bond acceptors (Lipinski definition) is 4. The summed E-state index contributed by atoms with van der Waals surface area (Å²) in [5.74, 6) is 0.322. The molecular weight excluding hydrogens is 304 g/mol. The van der Waals surface area contributed by atoms with Gasteiger partial charge in [-0.05, 0) is 50.9 Å². The lowest BCUT2D eigenvalue weighted by Gasteiger charge is -2.36. The van der Waals surface area contributed by atoms with E-state index in [0.717, 1.165) is 25.7 Å². The maximum Gasteiger partial charge on any atom is 0.334 e. The Kier molecular flexibility index (Phi) is 4.35. The minimum Gasteiger partial charge on any atom is -0.459 e. The van der Waals surface area contributed by atoms with Gasteiger partial charge in [0.05, 0.1) is 0 Å². The Bertz CT molecular complexity index is 605. The quantitative estimate of drug-likeness (QED) is 0.570. The van der Waals surface area contributed by atoms with E-state index in [9.17, 15) is 9.59 Å². The van der Waals surface area contributed by atoms with Crippen LogP contribution in [-0.4, -0.2) is 24.1 Å². The molecule has 0 bridgehead atoms. The van der Waals surface area contributed by atoms with Crippen LogP contribution in [0.1, 0.15) is 53.4 Å². The largest absolute Gasteiger partial charge is 0.459 e. The molecule has 2 aliphatic carbocycles. The number of ether oxygens (including phenoxy) is 2. The highest BCUT2D eigenvalue weighted by Gasteiger charge is 2.56. The summed E-state index contributed by atoms with van der Waals surface area (Å²) >= 11 is 0. The summed E-state index contributed by atoms with van der Waals surface area (Å²) in [6, 6.07) is 0. The molecule has 1 saturated heterocycles. The minimum absolute atomic E-state index is 0.0461. The van der Waals surface area contributed by atoms with Crippen LogP contribution in [-0.2, 0) is 19.1 Å². The van der Waals surface area contributed by atoms with Gasteiger partial charge in [-0.25, -0.2) is 9.59 Å². The number of hydrogen-bond donors (Lipinski definition) is 0. The van der Waals surface area contributed by atoms with Crippen LogP contribution in [0.15, 0.2) is 23.8 Å². The first-order valence-electron chi connectivity index (χ1n) is 9.00. The molecule has 0 spiro atoms. The van der Waals surface area contributed by atoms with Crippen LogP contribution in [0.25, 0.3) is 0 Å². The molecular formula is C20H28O4. The van der Waals surface area contributed by atoms with Gasteiger partial charge in [0.25, 0.3) is 0 Å². The normalized spacial score (nSPS) is 42.2. The predicted molar refractivity (Wildman–Crippen MR) is 91.1 cm³/mol. The van der Waals surface area contributed by atoms with Crippen LogP contribution in [0.5, 0.6) is 0 Å². The fraction of sp³-hybridized carbons (Fsp3) is 0.700. The standard InChI is InChI=1S/C20H28O4/c1-6-11(2)18(21)23-15-7-8-20(5)10-14-13(4)19(22)24-16(14)9-12(3)17(15)20/h6,12,14-17H,4,7-10H2,1-3,5H3/b11-6-/t12-,14-,15+,16+,17-,20+/m1/s1. The Morgan fingerprint density at radius 3 is 2.83 bits per heavy atom. The topological polar surface area (TPSA) is 52.6 Å². The van der Waals surface area contributed by atoms with Gasteiger partial charge in [0.15, 0.2) is 0 Å². The van der Waals surface area contributed by atoms with Crippen LogP contribution >= 0.6 is 0 Å². The first-order chi connectivity index (χ1) is 11.3. The van der Waals surface area contributed by atoms with Crippen molar-refractivity contribution in [3.8, 4) is 0 Å².